The second kappa shape index (κ2) is 9.45. The van der Waals surface area contributed by atoms with Crippen LogP contribution < -0.4 is 5.32 Å². The van der Waals surface area contributed by atoms with E-state index in [0.717, 1.165) is 22.5 Å². The van der Waals surface area contributed by atoms with E-state index in [2.05, 4.69) is 20.4 Å². The molecule has 9 heteroatoms. The van der Waals surface area contributed by atoms with Crippen LogP contribution in [0, 0.1) is 13.8 Å². The van der Waals surface area contributed by atoms with Crippen LogP contribution in [0.1, 0.15) is 28.9 Å². The summed E-state index contributed by atoms with van der Waals surface area (Å²) in [6.07, 6.45) is 0.886. The molecule has 0 saturated carbocycles. The van der Waals surface area contributed by atoms with Gasteiger partial charge in [-0.05, 0) is 61.7 Å². The third-order valence-electron chi connectivity index (χ3n) is 5.23. The Labute approximate surface area is 200 Å². The van der Waals surface area contributed by atoms with Gasteiger partial charge in [-0.2, -0.15) is 4.98 Å². The van der Waals surface area contributed by atoms with E-state index in [9.17, 15) is 4.79 Å². The van der Waals surface area contributed by atoms with Crippen molar-refractivity contribution in [3.8, 4) is 11.4 Å². The van der Waals surface area contributed by atoms with E-state index in [-0.39, 0.29) is 5.91 Å². The molecule has 0 radical (unpaired) electrons. The Kier molecular flexibility index (Phi) is 6.65. The monoisotopic (exact) mass is 487 g/mol. The molecule has 164 valence electrons. The normalized spacial score (nSPS) is 11.2. The summed E-state index contributed by atoms with van der Waals surface area (Å²) in [5.41, 5.74) is 4.36. The van der Waals surface area contributed by atoms with Crippen LogP contribution in [0.25, 0.3) is 17.2 Å². The van der Waals surface area contributed by atoms with Gasteiger partial charge in [0, 0.05) is 40.0 Å². The quantitative estimate of drug-likeness (QED) is 0.382. The molecule has 0 bridgehead atoms. The number of nitrogens with zero attached hydrogens (tertiary/aromatic N) is 4. The minimum absolute atomic E-state index is 0.0360. The molecule has 6 nitrogen and oxygen atoms in total. The number of aromatic nitrogens is 4. The molecule has 2 aromatic heterocycles. The van der Waals surface area contributed by atoms with Crippen LogP contribution in [0.15, 0.2) is 42.5 Å². The lowest BCUT2D eigenvalue weighted by Gasteiger charge is -2.10. The number of aryl methyl sites for hydroxylation is 2. The molecule has 0 unspecified atom stereocenters. The van der Waals surface area contributed by atoms with Crippen LogP contribution in [0.3, 0.4) is 0 Å². The van der Waals surface area contributed by atoms with Crippen molar-refractivity contribution in [2.45, 2.75) is 33.2 Å². The molecule has 0 spiro atoms. The third-order valence-corrected chi connectivity index (χ3v) is 6.03. The maximum absolute atomic E-state index is 12.4. The summed E-state index contributed by atoms with van der Waals surface area (Å²) in [5, 5.41) is 9.22. The molecule has 0 fully saturated rings. The zero-order chi connectivity index (χ0) is 22.8. The summed E-state index contributed by atoms with van der Waals surface area (Å²) in [6, 6.07) is 12.6. The van der Waals surface area contributed by atoms with Gasteiger partial charge in [0.05, 0.1) is 5.02 Å². The molecule has 4 aromatic rings. The fourth-order valence-electron chi connectivity index (χ4n) is 3.48. The predicted octanol–water partition coefficient (Wildman–Crippen LogP) is 5.62. The summed E-state index contributed by atoms with van der Waals surface area (Å²) >= 11 is 18.2. The maximum Gasteiger partial charge on any atom is 0.253 e. The van der Waals surface area contributed by atoms with Crippen LogP contribution in [0.2, 0.25) is 15.1 Å². The van der Waals surface area contributed by atoms with E-state index in [4.69, 9.17) is 34.8 Å². The number of nitrogens with one attached hydrogen (secondary N) is 1. The first-order valence-corrected chi connectivity index (χ1v) is 11.1. The smallest absolute Gasteiger partial charge is 0.253 e. The first kappa shape index (κ1) is 22.5. The van der Waals surface area contributed by atoms with Crippen molar-refractivity contribution >= 4 is 46.5 Å². The number of carbonyl (C=O) groups is 1. The molecule has 2 aromatic carbocycles. The molecular formula is C23H20Cl3N5O. The number of rotatable bonds is 6. The van der Waals surface area contributed by atoms with E-state index < -0.39 is 0 Å². The van der Waals surface area contributed by atoms with Crippen molar-refractivity contribution in [2.75, 3.05) is 0 Å². The van der Waals surface area contributed by atoms with Crippen LogP contribution >= 0.6 is 34.8 Å². The first-order valence-electron chi connectivity index (χ1n) is 10.0. The van der Waals surface area contributed by atoms with Crippen molar-refractivity contribution in [3.63, 3.8) is 0 Å². The number of fused-ring (bicyclic) bond motifs is 1. The highest BCUT2D eigenvalue weighted by atomic mass is 35.5. The van der Waals surface area contributed by atoms with Gasteiger partial charge < -0.3 is 5.32 Å². The van der Waals surface area contributed by atoms with Gasteiger partial charge in [0.25, 0.3) is 5.78 Å². The lowest BCUT2D eigenvalue weighted by molar-refractivity contribution is -0.121. The Balaban J connectivity index is 1.50. The topological polar surface area (TPSA) is 72.2 Å². The SMILES string of the molecule is Cc1nc2nc(-c3ccc(Cl)cc3Cl)nn2c(C)c1CCC(=O)NCc1ccc(Cl)cc1. The van der Waals surface area contributed by atoms with E-state index >= 15 is 0 Å². The molecule has 1 amide bonds. The van der Waals surface area contributed by atoms with Gasteiger partial charge in [0.1, 0.15) is 0 Å². The largest absolute Gasteiger partial charge is 0.352 e. The van der Waals surface area contributed by atoms with E-state index in [0.29, 0.717) is 51.6 Å². The van der Waals surface area contributed by atoms with Gasteiger partial charge in [-0.3, -0.25) is 4.79 Å². The van der Waals surface area contributed by atoms with Gasteiger partial charge in [-0.25, -0.2) is 9.50 Å². The van der Waals surface area contributed by atoms with E-state index in [1.807, 2.05) is 26.0 Å². The molecule has 32 heavy (non-hydrogen) atoms. The van der Waals surface area contributed by atoms with Gasteiger partial charge in [-0.15, -0.1) is 5.10 Å². The molecule has 1 N–H and O–H groups in total. The van der Waals surface area contributed by atoms with Crippen LogP contribution in [0.4, 0.5) is 0 Å². The summed E-state index contributed by atoms with van der Waals surface area (Å²) in [6.45, 7) is 4.32. The molecule has 0 saturated heterocycles. The van der Waals surface area contributed by atoms with Crippen molar-refractivity contribution < 1.29 is 4.79 Å². The van der Waals surface area contributed by atoms with Crippen LogP contribution in [-0.4, -0.2) is 25.5 Å². The average molecular weight is 489 g/mol. The Hall–Kier alpha value is -2.67. The number of hydrogen-bond donors (Lipinski definition) is 1. The summed E-state index contributed by atoms with van der Waals surface area (Å²) in [4.78, 5) is 21.5. The zero-order valence-corrected chi connectivity index (χ0v) is 19.8. The van der Waals surface area contributed by atoms with Gasteiger partial charge in [0.15, 0.2) is 5.82 Å². The number of hydrogen-bond acceptors (Lipinski definition) is 4. The van der Waals surface area contributed by atoms with Crippen molar-refractivity contribution in [1.82, 2.24) is 24.9 Å². The molecule has 2 heterocycles. The lowest BCUT2D eigenvalue weighted by atomic mass is 10.1. The Bertz CT molecular complexity index is 1300. The summed E-state index contributed by atoms with van der Waals surface area (Å²) in [5.74, 6) is 0.919. The highest BCUT2D eigenvalue weighted by Crippen LogP contribution is 2.29. The predicted molar refractivity (Wildman–Crippen MR) is 127 cm³/mol. The van der Waals surface area contributed by atoms with Crippen molar-refractivity contribution in [3.05, 3.63) is 80.0 Å². The molecule has 0 aliphatic rings. The second-order valence-electron chi connectivity index (χ2n) is 7.44. The summed E-state index contributed by atoms with van der Waals surface area (Å²) in [7, 11) is 0. The van der Waals surface area contributed by atoms with Gasteiger partial charge in [0.2, 0.25) is 5.91 Å². The number of carbonyl (C=O) groups excluding carboxylic acids is 1. The number of amides is 1. The Morgan fingerprint density at radius 3 is 2.44 bits per heavy atom. The Morgan fingerprint density at radius 1 is 1.00 bits per heavy atom. The molecular weight excluding hydrogens is 469 g/mol. The fourth-order valence-corrected chi connectivity index (χ4v) is 4.10. The first-order chi connectivity index (χ1) is 15.3. The molecule has 0 aliphatic heterocycles. The molecule has 0 atom stereocenters. The minimum atomic E-state index is -0.0360. The fraction of sp³-hybridized carbons (Fsp3) is 0.217. The van der Waals surface area contributed by atoms with Crippen LogP contribution in [0.5, 0.6) is 0 Å². The second-order valence-corrected chi connectivity index (χ2v) is 8.72. The molecule has 4 rings (SSSR count). The maximum atomic E-state index is 12.4. The lowest BCUT2D eigenvalue weighted by Crippen LogP contribution is -2.23. The average Bonchev–Trinajstić information content (AvgIpc) is 3.17. The molecule has 0 aliphatic carbocycles. The van der Waals surface area contributed by atoms with E-state index in [1.165, 1.54) is 0 Å². The number of halogens is 3. The highest BCUT2D eigenvalue weighted by molar-refractivity contribution is 6.36. The minimum Gasteiger partial charge on any atom is -0.352 e. The van der Waals surface area contributed by atoms with Gasteiger partial charge in [-0.1, -0.05) is 46.9 Å². The zero-order valence-electron chi connectivity index (χ0n) is 17.5. The number of benzene rings is 2. The van der Waals surface area contributed by atoms with E-state index in [1.54, 1.807) is 34.8 Å². The Morgan fingerprint density at radius 2 is 1.72 bits per heavy atom. The summed E-state index contributed by atoms with van der Waals surface area (Å²) < 4.78 is 1.69. The van der Waals surface area contributed by atoms with Crippen molar-refractivity contribution in [2.24, 2.45) is 0 Å². The van der Waals surface area contributed by atoms with Crippen molar-refractivity contribution in [1.29, 1.82) is 0 Å². The standard InChI is InChI=1S/C23H20Cl3N5O/c1-13-18(9-10-21(32)27-12-15-3-5-16(24)6-4-15)14(2)31-23(28-13)29-22(30-31)19-8-7-17(25)11-20(19)26/h3-8,11H,9-10,12H2,1-2H3,(H,27,32). The third kappa shape index (κ3) is 4.88. The highest BCUT2D eigenvalue weighted by Gasteiger charge is 2.17. The van der Waals surface area contributed by atoms with Crippen LogP contribution in [-0.2, 0) is 17.8 Å². The van der Waals surface area contributed by atoms with Gasteiger partial charge >= 0.3 is 0 Å².